The van der Waals surface area contributed by atoms with Gasteiger partial charge in [0.05, 0.1) is 24.3 Å². The molecule has 112 valence electrons. The van der Waals surface area contributed by atoms with Gasteiger partial charge in [0.1, 0.15) is 0 Å². The highest BCUT2D eigenvalue weighted by molar-refractivity contribution is 6.52. The van der Waals surface area contributed by atoms with Gasteiger partial charge in [-0.2, -0.15) is 0 Å². The van der Waals surface area contributed by atoms with E-state index in [1.54, 1.807) is 23.1 Å². The third-order valence-electron chi connectivity index (χ3n) is 4.38. The molecular formula is C16H20ClN2O2+. The van der Waals surface area contributed by atoms with Crippen LogP contribution in [-0.4, -0.2) is 31.4 Å². The van der Waals surface area contributed by atoms with Crippen LogP contribution < -0.4 is 9.80 Å². The minimum atomic E-state index is -0.432. The van der Waals surface area contributed by atoms with E-state index in [9.17, 15) is 9.59 Å². The van der Waals surface area contributed by atoms with E-state index < -0.39 is 11.7 Å². The Bertz CT molecular complexity index is 565. The molecule has 1 aromatic carbocycles. The van der Waals surface area contributed by atoms with Crippen LogP contribution in [-0.2, 0) is 4.79 Å². The highest BCUT2D eigenvalue weighted by Crippen LogP contribution is 2.30. The minimum Gasteiger partial charge on any atom is -0.317 e. The lowest BCUT2D eigenvalue weighted by Gasteiger charge is -2.26. The zero-order chi connectivity index (χ0) is 14.8. The molecule has 0 unspecified atom stereocenters. The molecule has 0 spiro atoms. The monoisotopic (exact) mass is 307 g/mol. The van der Waals surface area contributed by atoms with Gasteiger partial charge in [-0.05, 0) is 43.9 Å². The molecule has 1 N–H and O–H groups in total. The molecule has 0 saturated carbocycles. The van der Waals surface area contributed by atoms with Crippen LogP contribution in [0.3, 0.4) is 0 Å². The second-order valence-corrected chi connectivity index (χ2v) is 6.34. The Morgan fingerprint density at radius 2 is 1.71 bits per heavy atom. The maximum absolute atomic E-state index is 12.2. The van der Waals surface area contributed by atoms with Crippen molar-refractivity contribution in [1.29, 1.82) is 0 Å². The molecule has 0 atom stereocenters. The van der Waals surface area contributed by atoms with Gasteiger partial charge in [-0.1, -0.05) is 18.0 Å². The lowest BCUT2D eigenvalue weighted by molar-refractivity contribution is -0.899. The van der Waals surface area contributed by atoms with Gasteiger partial charge < -0.3 is 4.90 Å². The molecule has 0 aromatic heterocycles. The van der Waals surface area contributed by atoms with Crippen molar-refractivity contribution in [3.05, 3.63) is 28.8 Å². The topological polar surface area (TPSA) is 41.8 Å². The number of fused-ring (bicyclic) bond motifs is 1. The van der Waals surface area contributed by atoms with Crippen molar-refractivity contribution in [3.63, 3.8) is 0 Å². The van der Waals surface area contributed by atoms with Crippen molar-refractivity contribution in [1.82, 2.24) is 0 Å². The van der Waals surface area contributed by atoms with Gasteiger partial charge in [-0.3, -0.25) is 14.5 Å². The summed E-state index contributed by atoms with van der Waals surface area (Å²) in [6.45, 7) is 2.72. The van der Waals surface area contributed by atoms with Gasteiger partial charge >= 0.3 is 5.91 Å². The van der Waals surface area contributed by atoms with Crippen LogP contribution in [0.15, 0.2) is 18.2 Å². The van der Waals surface area contributed by atoms with Crippen LogP contribution in [0.25, 0.3) is 0 Å². The van der Waals surface area contributed by atoms with E-state index in [0.29, 0.717) is 22.9 Å². The molecular weight excluding hydrogens is 288 g/mol. The van der Waals surface area contributed by atoms with E-state index in [2.05, 4.69) is 0 Å². The first-order chi connectivity index (χ1) is 10.2. The van der Waals surface area contributed by atoms with Crippen molar-refractivity contribution in [3.8, 4) is 0 Å². The van der Waals surface area contributed by atoms with E-state index in [4.69, 9.17) is 11.6 Å². The Morgan fingerprint density at radius 3 is 2.43 bits per heavy atom. The Morgan fingerprint density at radius 1 is 1.05 bits per heavy atom. The normalized spacial score (nSPS) is 20.3. The van der Waals surface area contributed by atoms with Gasteiger partial charge in [0.25, 0.3) is 5.78 Å². The Labute approximate surface area is 129 Å². The number of hydrogen-bond acceptors (Lipinski definition) is 2. The Hall–Kier alpha value is -1.39. The lowest BCUT2D eigenvalue weighted by atomic mass is 10.1. The van der Waals surface area contributed by atoms with Gasteiger partial charge in [0.15, 0.2) is 6.67 Å². The summed E-state index contributed by atoms with van der Waals surface area (Å²) >= 11 is 5.93. The summed E-state index contributed by atoms with van der Waals surface area (Å²) in [5, 5.41) is 0.496. The highest BCUT2D eigenvalue weighted by Gasteiger charge is 2.37. The zero-order valence-corrected chi connectivity index (χ0v) is 12.8. The molecule has 0 bridgehead atoms. The van der Waals surface area contributed by atoms with Crippen LogP contribution in [0.4, 0.5) is 5.69 Å². The van der Waals surface area contributed by atoms with Crippen molar-refractivity contribution in [2.45, 2.75) is 32.1 Å². The molecule has 0 radical (unpaired) electrons. The van der Waals surface area contributed by atoms with Gasteiger partial charge in [0.2, 0.25) is 0 Å². The predicted octanol–water partition coefficient (Wildman–Crippen LogP) is 1.68. The number of hydrogen-bond donors (Lipinski definition) is 1. The number of nitrogens with one attached hydrogen (secondary N) is 1. The molecule has 2 aliphatic heterocycles. The van der Waals surface area contributed by atoms with Gasteiger partial charge in [0, 0.05) is 5.02 Å². The number of rotatable bonds is 2. The molecule has 1 amide bonds. The van der Waals surface area contributed by atoms with Crippen molar-refractivity contribution < 1.29 is 14.5 Å². The molecule has 0 aliphatic carbocycles. The number of ketones is 1. The number of benzene rings is 1. The maximum atomic E-state index is 12.2. The number of nitrogens with zero attached hydrogens (tertiary/aromatic N) is 1. The Balaban J connectivity index is 1.79. The minimum absolute atomic E-state index is 0.415. The first-order valence-corrected chi connectivity index (χ1v) is 8.04. The summed E-state index contributed by atoms with van der Waals surface area (Å²) in [5.74, 6) is -0.847. The molecule has 1 saturated heterocycles. The molecule has 3 rings (SSSR count). The van der Waals surface area contributed by atoms with Crippen molar-refractivity contribution in [2.75, 3.05) is 24.7 Å². The fourth-order valence-electron chi connectivity index (χ4n) is 3.22. The molecule has 5 heteroatoms. The zero-order valence-electron chi connectivity index (χ0n) is 12.0. The van der Waals surface area contributed by atoms with E-state index >= 15 is 0 Å². The Kier molecular flexibility index (Phi) is 4.27. The van der Waals surface area contributed by atoms with Crippen LogP contribution in [0.5, 0.6) is 0 Å². The fourth-order valence-corrected chi connectivity index (χ4v) is 3.39. The SMILES string of the molecule is O=C1C(=O)N(C[NH+]2CCCCCCC2)c2ccc(Cl)cc21. The number of carbonyl (C=O) groups is 2. The molecule has 2 heterocycles. The molecule has 1 fully saturated rings. The van der Waals surface area contributed by atoms with Crippen LogP contribution in [0.1, 0.15) is 42.5 Å². The second-order valence-electron chi connectivity index (χ2n) is 5.90. The lowest BCUT2D eigenvalue weighted by Crippen LogP contribution is -3.13. The van der Waals surface area contributed by atoms with Gasteiger partial charge in [-0.25, -0.2) is 0 Å². The highest BCUT2D eigenvalue weighted by atomic mass is 35.5. The maximum Gasteiger partial charge on any atom is 0.303 e. The molecule has 1 aromatic rings. The van der Waals surface area contributed by atoms with E-state index in [-0.39, 0.29) is 0 Å². The molecule has 21 heavy (non-hydrogen) atoms. The number of carbonyl (C=O) groups excluding carboxylic acids is 2. The van der Waals surface area contributed by atoms with Crippen LogP contribution in [0, 0.1) is 0 Å². The summed E-state index contributed by atoms with van der Waals surface area (Å²) in [4.78, 5) is 27.3. The number of quaternary nitrogens is 1. The molecule has 4 nitrogen and oxygen atoms in total. The summed E-state index contributed by atoms with van der Waals surface area (Å²) in [6.07, 6.45) is 6.23. The second kappa shape index (κ2) is 6.16. The predicted molar refractivity (Wildman–Crippen MR) is 81.9 cm³/mol. The number of anilines is 1. The van der Waals surface area contributed by atoms with E-state index in [0.717, 1.165) is 13.1 Å². The third-order valence-corrected chi connectivity index (χ3v) is 4.61. The number of Topliss-reactive ketones (excluding diaryl/α,β-unsaturated/α-hetero) is 1. The third kappa shape index (κ3) is 2.97. The fraction of sp³-hybridized carbons (Fsp3) is 0.500. The first-order valence-electron chi connectivity index (χ1n) is 7.66. The standard InChI is InChI=1S/C16H19ClN2O2/c17-12-6-7-14-13(10-12)15(20)16(21)19(14)11-18-8-4-2-1-3-5-9-18/h6-7,10H,1-5,8-9,11H2/p+1. The summed E-state index contributed by atoms with van der Waals surface area (Å²) in [7, 11) is 0. The van der Waals surface area contributed by atoms with E-state index in [1.807, 2.05) is 0 Å². The average molecular weight is 308 g/mol. The smallest absolute Gasteiger partial charge is 0.303 e. The van der Waals surface area contributed by atoms with E-state index in [1.165, 1.54) is 37.0 Å². The average Bonchev–Trinajstić information content (AvgIpc) is 2.66. The van der Waals surface area contributed by atoms with Crippen molar-refractivity contribution >= 4 is 29.0 Å². The number of halogens is 1. The van der Waals surface area contributed by atoms with Gasteiger partial charge in [-0.15, -0.1) is 0 Å². The summed E-state index contributed by atoms with van der Waals surface area (Å²) < 4.78 is 0. The van der Waals surface area contributed by atoms with Crippen LogP contribution >= 0.6 is 11.6 Å². The van der Waals surface area contributed by atoms with Crippen LogP contribution in [0.2, 0.25) is 5.02 Å². The summed E-state index contributed by atoms with van der Waals surface area (Å²) in [5.41, 5.74) is 1.16. The summed E-state index contributed by atoms with van der Waals surface area (Å²) in [6, 6.07) is 5.12. The number of amides is 1. The first kappa shape index (κ1) is 14.5. The quantitative estimate of drug-likeness (QED) is 0.845. The van der Waals surface area contributed by atoms with Crippen molar-refractivity contribution in [2.24, 2.45) is 0 Å². The molecule has 2 aliphatic rings. The number of likely N-dealkylation sites (tertiary alicyclic amines) is 1. The largest absolute Gasteiger partial charge is 0.317 e.